The topological polar surface area (TPSA) is 78.3 Å². The molecule has 1 N–H and O–H groups in total. The van der Waals surface area contributed by atoms with Crippen molar-refractivity contribution in [1.82, 2.24) is 15.0 Å². The van der Waals surface area contributed by atoms with Crippen LogP contribution in [-0.4, -0.2) is 34.6 Å². The summed E-state index contributed by atoms with van der Waals surface area (Å²) in [5.74, 6) is 0.132. The van der Waals surface area contributed by atoms with Crippen LogP contribution < -0.4 is 14.8 Å². The standard InChI is InChI=1S/C19H18F2N4O3/c1-3-15-17(18(26)22-14-6-4-5-7-16(14)27-2)23-24-25(15)12-8-10-13(11-9-12)28-19(20)21/h4-11,19H,3H2,1-2H3,(H,22,26). The average molecular weight is 388 g/mol. The summed E-state index contributed by atoms with van der Waals surface area (Å²) in [7, 11) is 1.51. The molecule has 0 unspecified atom stereocenters. The van der Waals surface area contributed by atoms with Crippen molar-refractivity contribution in [3.8, 4) is 17.2 Å². The van der Waals surface area contributed by atoms with Crippen molar-refractivity contribution in [3.63, 3.8) is 0 Å². The monoisotopic (exact) mass is 388 g/mol. The van der Waals surface area contributed by atoms with Crippen LogP contribution in [0, 0.1) is 0 Å². The Balaban J connectivity index is 1.86. The smallest absolute Gasteiger partial charge is 0.387 e. The second-order valence-corrected chi connectivity index (χ2v) is 5.68. The number of aromatic nitrogens is 3. The largest absolute Gasteiger partial charge is 0.495 e. The van der Waals surface area contributed by atoms with E-state index in [1.165, 1.54) is 23.9 Å². The third-order valence-corrected chi connectivity index (χ3v) is 3.97. The SMILES string of the molecule is CCc1c(C(=O)Nc2ccccc2OC)nnn1-c1ccc(OC(F)F)cc1. The molecule has 9 heteroatoms. The van der Waals surface area contributed by atoms with E-state index < -0.39 is 12.5 Å². The number of benzene rings is 2. The van der Waals surface area contributed by atoms with Gasteiger partial charge in [0.05, 0.1) is 24.2 Å². The number of carbonyl (C=O) groups excluding carboxylic acids is 1. The van der Waals surface area contributed by atoms with E-state index in [0.717, 1.165) is 0 Å². The van der Waals surface area contributed by atoms with Gasteiger partial charge in [-0.1, -0.05) is 24.3 Å². The number of carbonyl (C=O) groups is 1. The minimum Gasteiger partial charge on any atom is -0.495 e. The summed E-state index contributed by atoms with van der Waals surface area (Å²) in [5, 5.41) is 10.8. The zero-order valence-electron chi connectivity index (χ0n) is 15.2. The van der Waals surface area contributed by atoms with Gasteiger partial charge in [0.15, 0.2) is 5.69 Å². The number of ether oxygens (including phenoxy) is 2. The van der Waals surface area contributed by atoms with Crippen molar-refractivity contribution in [2.24, 2.45) is 0 Å². The lowest BCUT2D eigenvalue weighted by Crippen LogP contribution is -2.15. The number of alkyl halides is 2. The fourth-order valence-corrected chi connectivity index (χ4v) is 2.70. The van der Waals surface area contributed by atoms with Gasteiger partial charge in [0, 0.05) is 0 Å². The first kappa shape index (κ1) is 19.3. The van der Waals surface area contributed by atoms with Gasteiger partial charge in [-0.3, -0.25) is 4.79 Å². The van der Waals surface area contributed by atoms with Crippen molar-refractivity contribution in [2.45, 2.75) is 20.0 Å². The third kappa shape index (κ3) is 4.08. The van der Waals surface area contributed by atoms with Crippen molar-refractivity contribution in [1.29, 1.82) is 0 Å². The second-order valence-electron chi connectivity index (χ2n) is 5.68. The zero-order valence-corrected chi connectivity index (χ0v) is 15.2. The summed E-state index contributed by atoms with van der Waals surface area (Å²) >= 11 is 0. The maximum Gasteiger partial charge on any atom is 0.387 e. The molecular weight excluding hydrogens is 370 g/mol. The first-order chi connectivity index (χ1) is 13.5. The van der Waals surface area contributed by atoms with Gasteiger partial charge in [0.2, 0.25) is 0 Å². The number of methoxy groups -OCH3 is 1. The Morgan fingerprint density at radius 1 is 1.18 bits per heavy atom. The van der Waals surface area contributed by atoms with Crippen LogP contribution in [0.25, 0.3) is 5.69 Å². The predicted molar refractivity (Wildman–Crippen MR) is 98.3 cm³/mol. The van der Waals surface area contributed by atoms with E-state index in [-0.39, 0.29) is 11.4 Å². The Morgan fingerprint density at radius 3 is 2.54 bits per heavy atom. The summed E-state index contributed by atoms with van der Waals surface area (Å²) in [5.41, 5.74) is 1.83. The first-order valence-electron chi connectivity index (χ1n) is 8.47. The zero-order chi connectivity index (χ0) is 20.1. The van der Waals surface area contributed by atoms with Crippen LogP contribution in [0.2, 0.25) is 0 Å². The van der Waals surface area contributed by atoms with E-state index >= 15 is 0 Å². The van der Waals surface area contributed by atoms with Crippen LogP contribution in [0.15, 0.2) is 48.5 Å². The Hall–Kier alpha value is -3.49. The van der Waals surface area contributed by atoms with Gasteiger partial charge in [0.25, 0.3) is 5.91 Å². The highest BCUT2D eigenvalue weighted by Gasteiger charge is 2.20. The molecule has 146 valence electrons. The molecule has 2 aromatic carbocycles. The minimum absolute atomic E-state index is 0.0334. The van der Waals surface area contributed by atoms with Crippen LogP contribution >= 0.6 is 0 Å². The third-order valence-electron chi connectivity index (χ3n) is 3.97. The molecule has 0 aliphatic rings. The molecule has 0 atom stereocenters. The van der Waals surface area contributed by atoms with Gasteiger partial charge < -0.3 is 14.8 Å². The fraction of sp³-hybridized carbons (Fsp3) is 0.211. The van der Waals surface area contributed by atoms with Gasteiger partial charge in [0.1, 0.15) is 11.5 Å². The maximum absolute atomic E-state index is 12.7. The number of amides is 1. The lowest BCUT2D eigenvalue weighted by molar-refractivity contribution is -0.0498. The molecule has 0 fully saturated rings. The normalized spacial score (nSPS) is 10.8. The molecule has 1 aromatic heterocycles. The van der Waals surface area contributed by atoms with Crippen LogP contribution in [0.4, 0.5) is 14.5 Å². The minimum atomic E-state index is -2.89. The summed E-state index contributed by atoms with van der Waals surface area (Å²) in [6.45, 7) is -1.03. The Labute approximate surface area is 159 Å². The lowest BCUT2D eigenvalue weighted by Gasteiger charge is -2.10. The van der Waals surface area contributed by atoms with Crippen molar-refractivity contribution < 1.29 is 23.0 Å². The summed E-state index contributed by atoms with van der Waals surface area (Å²) in [6.07, 6.45) is 0.483. The van der Waals surface area contributed by atoms with E-state index in [9.17, 15) is 13.6 Å². The van der Waals surface area contributed by atoms with Gasteiger partial charge in [-0.05, 0) is 42.8 Å². The number of nitrogens with one attached hydrogen (secondary N) is 1. The maximum atomic E-state index is 12.7. The second kappa shape index (κ2) is 8.47. The van der Waals surface area contributed by atoms with Gasteiger partial charge in [-0.15, -0.1) is 5.10 Å². The van der Waals surface area contributed by atoms with Crippen molar-refractivity contribution in [2.75, 3.05) is 12.4 Å². The summed E-state index contributed by atoms with van der Waals surface area (Å²) in [6, 6.07) is 12.9. The molecule has 3 rings (SSSR count). The molecule has 0 radical (unpaired) electrons. The van der Waals surface area contributed by atoms with E-state index in [4.69, 9.17) is 4.74 Å². The molecule has 3 aromatic rings. The molecule has 0 aliphatic carbocycles. The Bertz CT molecular complexity index is 958. The van der Waals surface area contributed by atoms with Crippen molar-refractivity contribution >= 4 is 11.6 Å². The fourth-order valence-electron chi connectivity index (χ4n) is 2.70. The Kier molecular flexibility index (Phi) is 5.83. The number of nitrogens with zero attached hydrogens (tertiary/aromatic N) is 3. The highest BCUT2D eigenvalue weighted by Crippen LogP contribution is 2.24. The van der Waals surface area contributed by atoms with E-state index in [2.05, 4.69) is 20.4 Å². The van der Waals surface area contributed by atoms with Crippen LogP contribution in [-0.2, 0) is 6.42 Å². The first-order valence-corrected chi connectivity index (χ1v) is 8.47. The highest BCUT2D eigenvalue weighted by atomic mass is 19.3. The molecule has 1 amide bonds. The predicted octanol–water partition coefficient (Wildman–Crippen LogP) is 3.69. The summed E-state index contributed by atoms with van der Waals surface area (Å²) < 4.78 is 35.6. The molecule has 0 aliphatic heterocycles. The van der Waals surface area contributed by atoms with Gasteiger partial charge in [-0.2, -0.15) is 8.78 Å². The van der Waals surface area contributed by atoms with Crippen molar-refractivity contribution in [3.05, 3.63) is 59.9 Å². The quantitative estimate of drug-likeness (QED) is 0.668. The molecule has 0 saturated carbocycles. The number of para-hydroxylation sites is 2. The highest BCUT2D eigenvalue weighted by molar-refractivity contribution is 6.04. The molecule has 0 saturated heterocycles. The van der Waals surface area contributed by atoms with Gasteiger partial charge in [-0.25, -0.2) is 4.68 Å². The number of rotatable bonds is 7. The van der Waals surface area contributed by atoms with E-state index in [1.54, 1.807) is 36.4 Å². The van der Waals surface area contributed by atoms with Gasteiger partial charge >= 0.3 is 6.61 Å². The number of hydrogen-bond acceptors (Lipinski definition) is 5. The van der Waals surface area contributed by atoms with E-state index in [1.807, 2.05) is 6.92 Å². The molecule has 1 heterocycles. The van der Waals surface area contributed by atoms with E-state index in [0.29, 0.717) is 29.2 Å². The lowest BCUT2D eigenvalue weighted by atomic mass is 10.2. The average Bonchev–Trinajstić information content (AvgIpc) is 3.12. The molecule has 0 spiro atoms. The van der Waals surface area contributed by atoms with Crippen LogP contribution in [0.5, 0.6) is 11.5 Å². The molecule has 28 heavy (non-hydrogen) atoms. The number of hydrogen-bond donors (Lipinski definition) is 1. The Morgan fingerprint density at radius 2 is 1.89 bits per heavy atom. The molecular formula is C19H18F2N4O3. The molecule has 7 nitrogen and oxygen atoms in total. The van der Waals surface area contributed by atoms with Crippen LogP contribution in [0.3, 0.4) is 0 Å². The molecule has 0 bridgehead atoms. The summed E-state index contributed by atoms with van der Waals surface area (Å²) in [4.78, 5) is 12.7. The number of anilines is 1. The number of halogens is 2. The van der Waals surface area contributed by atoms with Crippen LogP contribution in [0.1, 0.15) is 23.1 Å².